The van der Waals surface area contributed by atoms with Crippen molar-refractivity contribution in [2.45, 2.75) is 163 Å². The van der Waals surface area contributed by atoms with E-state index in [2.05, 4.69) is 39.5 Å². The lowest BCUT2D eigenvalue weighted by molar-refractivity contribution is -0.125. The maximum absolute atomic E-state index is 2.94. The summed E-state index contributed by atoms with van der Waals surface area (Å²) < 4.78 is 0. The minimum absolute atomic E-state index is 0.543. The SMILES string of the molecule is CCCCC1CCC2C(C1)CC1C3CCC4C(C)(C)C(C(C)C5CCCN(C6CCC6)C5)CCC45CC35CCC21C. The first-order valence-corrected chi connectivity index (χ1v) is 19.5. The van der Waals surface area contributed by atoms with Gasteiger partial charge in [0.05, 0.1) is 0 Å². The first-order valence-electron chi connectivity index (χ1n) is 19.5. The highest BCUT2D eigenvalue weighted by atomic mass is 15.2. The summed E-state index contributed by atoms with van der Waals surface area (Å²) in [4.78, 5) is 2.94. The Balaban J connectivity index is 0.985. The van der Waals surface area contributed by atoms with E-state index in [1.807, 2.05) is 0 Å². The van der Waals surface area contributed by atoms with Gasteiger partial charge in [-0.25, -0.2) is 0 Å². The number of likely N-dealkylation sites (tertiary alicyclic amines) is 1. The third-order valence-electron chi connectivity index (χ3n) is 17.8. The van der Waals surface area contributed by atoms with E-state index in [0.717, 1.165) is 70.1 Å². The van der Waals surface area contributed by atoms with Crippen LogP contribution in [0.3, 0.4) is 0 Å². The van der Waals surface area contributed by atoms with Crippen LogP contribution in [-0.2, 0) is 0 Å². The molecule has 12 atom stereocenters. The van der Waals surface area contributed by atoms with Crippen LogP contribution in [0.2, 0.25) is 0 Å². The molecule has 1 heteroatoms. The third-order valence-corrected chi connectivity index (χ3v) is 17.8. The average Bonchev–Trinajstić information content (AvgIpc) is 3.50. The molecule has 7 saturated carbocycles. The normalized spacial score (nSPS) is 53.2. The van der Waals surface area contributed by atoms with Crippen molar-refractivity contribution in [3.63, 3.8) is 0 Å². The van der Waals surface area contributed by atoms with E-state index in [1.54, 1.807) is 70.6 Å². The van der Waals surface area contributed by atoms with E-state index in [-0.39, 0.29) is 0 Å². The zero-order valence-electron chi connectivity index (χ0n) is 28.1. The van der Waals surface area contributed by atoms with Crippen molar-refractivity contribution in [1.82, 2.24) is 4.90 Å². The van der Waals surface area contributed by atoms with Gasteiger partial charge in [-0.1, -0.05) is 66.7 Å². The largest absolute Gasteiger partial charge is 0.300 e. The fraction of sp³-hybridized carbons (Fsp3) is 1.00. The van der Waals surface area contributed by atoms with Crippen LogP contribution in [0, 0.1) is 74.9 Å². The topological polar surface area (TPSA) is 3.24 Å². The highest BCUT2D eigenvalue weighted by molar-refractivity contribution is 5.29. The van der Waals surface area contributed by atoms with Crippen molar-refractivity contribution < 1.29 is 0 Å². The predicted molar refractivity (Wildman–Crippen MR) is 173 cm³/mol. The number of rotatable bonds is 6. The van der Waals surface area contributed by atoms with Crippen molar-refractivity contribution >= 4 is 0 Å². The van der Waals surface area contributed by atoms with E-state index in [1.165, 1.54) is 64.5 Å². The molecule has 2 spiro atoms. The van der Waals surface area contributed by atoms with E-state index < -0.39 is 0 Å². The van der Waals surface area contributed by atoms with Gasteiger partial charge >= 0.3 is 0 Å². The molecular weight excluding hydrogens is 494 g/mol. The Kier molecular flexibility index (Phi) is 6.92. The number of unbranched alkanes of at least 4 members (excludes halogenated alkanes) is 1. The molecule has 232 valence electrons. The lowest BCUT2D eigenvalue weighted by atomic mass is 9.44. The van der Waals surface area contributed by atoms with Gasteiger partial charge in [-0.3, -0.25) is 0 Å². The molecule has 0 aromatic carbocycles. The predicted octanol–water partition coefficient (Wildman–Crippen LogP) is 10.8. The van der Waals surface area contributed by atoms with Crippen molar-refractivity contribution in [3.05, 3.63) is 0 Å². The van der Waals surface area contributed by atoms with Gasteiger partial charge in [-0.05, 0) is 171 Å². The maximum atomic E-state index is 2.94. The molecule has 0 N–H and O–H groups in total. The summed E-state index contributed by atoms with van der Waals surface area (Å²) in [5, 5.41) is 0. The van der Waals surface area contributed by atoms with E-state index >= 15 is 0 Å². The zero-order chi connectivity index (χ0) is 28.2. The smallest absolute Gasteiger partial charge is 0.00953 e. The second-order valence-electron chi connectivity index (χ2n) is 19.1. The maximum Gasteiger partial charge on any atom is 0.00953 e. The Bertz CT molecular complexity index is 979. The van der Waals surface area contributed by atoms with Gasteiger partial charge in [0, 0.05) is 12.6 Å². The van der Waals surface area contributed by atoms with Crippen molar-refractivity contribution in [3.8, 4) is 0 Å². The molecule has 0 amide bonds. The number of nitrogens with zero attached hydrogens (tertiary/aromatic N) is 1. The highest BCUT2D eigenvalue weighted by Gasteiger charge is 2.80. The molecule has 1 aliphatic heterocycles. The molecule has 1 saturated heterocycles. The summed E-state index contributed by atoms with van der Waals surface area (Å²) in [6.07, 6.45) is 29.5. The van der Waals surface area contributed by atoms with Crippen LogP contribution in [0.4, 0.5) is 0 Å². The first-order chi connectivity index (χ1) is 19.7. The lowest BCUT2D eigenvalue weighted by Gasteiger charge is -2.61. The van der Waals surface area contributed by atoms with Crippen molar-refractivity contribution in [2.24, 2.45) is 74.9 Å². The van der Waals surface area contributed by atoms with Crippen LogP contribution in [0.5, 0.6) is 0 Å². The highest BCUT2D eigenvalue weighted by Crippen LogP contribution is 2.88. The van der Waals surface area contributed by atoms with E-state index in [0.29, 0.717) is 10.8 Å². The van der Waals surface area contributed by atoms with Crippen LogP contribution >= 0.6 is 0 Å². The summed E-state index contributed by atoms with van der Waals surface area (Å²) in [5.41, 5.74) is 2.76. The van der Waals surface area contributed by atoms with Crippen LogP contribution in [0.15, 0.2) is 0 Å². The molecule has 8 fully saturated rings. The van der Waals surface area contributed by atoms with E-state index in [9.17, 15) is 0 Å². The molecule has 1 heterocycles. The minimum Gasteiger partial charge on any atom is -0.300 e. The van der Waals surface area contributed by atoms with Gasteiger partial charge in [0.1, 0.15) is 0 Å². The van der Waals surface area contributed by atoms with Crippen LogP contribution in [-0.4, -0.2) is 24.0 Å². The standard InChI is InChI=1S/C40H67N/c1-6-7-10-28-14-15-33-30(23-28)24-35-34-16-17-36-37(3,4)32(18-19-40(36)26-39(34,40)21-20-38(33,35)5)27(2)29-11-9-22-41(25-29)31-12-8-13-31/h27-36H,6-26H2,1-5H3. The number of hydrogen-bond donors (Lipinski definition) is 0. The molecule has 8 aliphatic rings. The van der Waals surface area contributed by atoms with Gasteiger partial charge in [0.15, 0.2) is 0 Å². The molecule has 0 aromatic heterocycles. The summed E-state index contributed by atoms with van der Waals surface area (Å²) in [5.74, 6) is 9.28. The first kappa shape index (κ1) is 28.4. The molecule has 7 aliphatic carbocycles. The molecule has 12 unspecified atom stereocenters. The molecular formula is C40H67N. The molecule has 41 heavy (non-hydrogen) atoms. The van der Waals surface area contributed by atoms with Gasteiger partial charge < -0.3 is 4.90 Å². The van der Waals surface area contributed by atoms with Gasteiger partial charge in [-0.15, -0.1) is 0 Å². The Hall–Kier alpha value is -0.0400. The quantitative estimate of drug-likeness (QED) is 0.312. The van der Waals surface area contributed by atoms with E-state index in [4.69, 9.17) is 0 Å². The average molecular weight is 562 g/mol. The molecule has 0 radical (unpaired) electrons. The minimum atomic E-state index is 0.543. The van der Waals surface area contributed by atoms with Gasteiger partial charge in [0.25, 0.3) is 0 Å². The van der Waals surface area contributed by atoms with Crippen LogP contribution in [0.25, 0.3) is 0 Å². The van der Waals surface area contributed by atoms with Crippen molar-refractivity contribution in [2.75, 3.05) is 13.1 Å². The summed E-state index contributed by atoms with van der Waals surface area (Å²) in [6.45, 7) is 16.4. The molecule has 8 rings (SSSR count). The zero-order valence-corrected chi connectivity index (χ0v) is 28.1. The van der Waals surface area contributed by atoms with Gasteiger partial charge in [0.2, 0.25) is 0 Å². The summed E-state index contributed by atoms with van der Waals surface area (Å²) in [7, 11) is 0. The molecule has 0 bridgehead atoms. The second-order valence-corrected chi connectivity index (χ2v) is 19.1. The van der Waals surface area contributed by atoms with Crippen LogP contribution in [0.1, 0.15) is 157 Å². The Morgan fingerprint density at radius 2 is 1.61 bits per heavy atom. The molecule has 1 nitrogen and oxygen atoms in total. The Morgan fingerprint density at radius 1 is 0.780 bits per heavy atom. The second kappa shape index (κ2) is 9.98. The van der Waals surface area contributed by atoms with Crippen molar-refractivity contribution in [1.29, 1.82) is 0 Å². The van der Waals surface area contributed by atoms with Gasteiger partial charge in [-0.2, -0.15) is 0 Å². The number of hydrogen-bond acceptors (Lipinski definition) is 1. The van der Waals surface area contributed by atoms with Crippen LogP contribution < -0.4 is 0 Å². The number of piperidine rings is 1. The molecule has 0 aromatic rings. The lowest BCUT2D eigenvalue weighted by Crippen LogP contribution is -2.55. The fourth-order valence-electron chi connectivity index (χ4n) is 15.6. The monoisotopic (exact) mass is 562 g/mol. The third kappa shape index (κ3) is 4.00. The Morgan fingerprint density at radius 3 is 2.39 bits per heavy atom. The summed E-state index contributed by atoms with van der Waals surface area (Å²) >= 11 is 0. The Labute approximate surface area is 255 Å². The fourth-order valence-corrected chi connectivity index (χ4v) is 15.6. The number of fused-ring (bicyclic) bond motifs is 4. The summed E-state index contributed by atoms with van der Waals surface area (Å²) in [6, 6.07) is 0.952.